The molecule has 98 valence electrons. The molecule has 0 atom stereocenters. The summed E-state index contributed by atoms with van der Waals surface area (Å²) in [5.41, 5.74) is 1.11. The smallest absolute Gasteiger partial charge is 0.226 e. The van der Waals surface area contributed by atoms with Crippen molar-refractivity contribution >= 4 is 34.5 Å². The molecule has 1 aromatic heterocycles. The average molecular weight is 273 g/mol. The van der Waals surface area contributed by atoms with Crippen molar-refractivity contribution < 1.29 is 4.79 Å². The predicted octanol–water partition coefficient (Wildman–Crippen LogP) is 3.45. The van der Waals surface area contributed by atoms with Crippen LogP contribution in [0.4, 0.5) is 5.13 Å². The van der Waals surface area contributed by atoms with E-state index in [-0.39, 0.29) is 5.91 Å². The number of hydrogen-bond donors (Lipinski definition) is 1. The molecule has 0 aliphatic carbocycles. The average Bonchev–Trinajstić information content (AvgIpc) is 2.85. The number of anilines is 1. The summed E-state index contributed by atoms with van der Waals surface area (Å²) in [5, 5.41) is 12.0. The first-order valence-electron chi connectivity index (χ1n) is 6.14. The van der Waals surface area contributed by atoms with E-state index >= 15 is 0 Å². The fourth-order valence-corrected chi connectivity index (χ4v) is 2.16. The van der Waals surface area contributed by atoms with Crippen molar-refractivity contribution in [3.8, 4) is 0 Å². The summed E-state index contributed by atoms with van der Waals surface area (Å²) in [4.78, 5) is 11.4. The standard InChI is InChI=1S/C14H15N3OS/c1-2-6-12(18)15-14-17-16-13(19-14)10-9-11-7-4-3-5-8-11/h3-5,7-10H,2,6H2,1H3,(H,15,17,18)/b10-9+. The number of amides is 1. The number of aromatic nitrogens is 2. The zero-order chi connectivity index (χ0) is 13.5. The minimum atomic E-state index is -0.0164. The third-order valence-corrected chi connectivity index (χ3v) is 3.19. The lowest BCUT2D eigenvalue weighted by Crippen LogP contribution is -2.10. The molecule has 0 aliphatic rings. The van der Waals surface area contributed by atoms with Gasteiger partial charge >= 0.3 is 0 Å². The predicted molar refractivity (Wildman–Crippen MR) is 78.8 cm³/mol. The van der Waals surface area contributed by atoms with Crippen molar-refractivity contribution in [1.29, 1.82) is 0 Å². The number of nitrogens with one attached hydrogen (secondary N) is 1. The molecule has 19 heavy (non-hydrogen) atoms. The number of carbonyl (C=O) groups excluding carboxylic acids is 1. The molecule has 2 rings (SSSR count). The maximum atomic E-state index is 11.4. The van der Waals surface area contributed by atoms with E-state index in [4.69, 9.17) is 0 Å². The van der Waals surface area contributed by atoms with Gasteiger partial charge in [0.15, 0.2) is 0 Å². The first-order valence-corrected chi connectivity index (χ1v) is 6.96. The molecule has 4 nitrogen and oxygen atoms in total. The lowest BCUT2D eigenvalue weighted by molar-refractivity contribution is -0.116. The van der Waals surface area contributed by atoms with Gasteiger partial charge in [0.1, 0.15) is 5.01 Å². The fourth-order valence-electron chi connectivity index (χ4n) is 1.49. The molecular formula is C14H15N3OS. The number of carbonyl (C=O) groups is 1. The summed E-state index contributed by atoms with van der Waals surface area (Å²) < 4.78 is 0. The summed E-state index contributed by atoms with van der Waals surface area (Å²) in [7, 11) is 0. The Labute approximate surface area is 116 Å². The Bertz CT molecular complexity index is 563. The van der Waals surface area contributed by atoms with Gasteiger partial charge in [0.05, 0.1) is 0 Å². The third kappa shape index (κ3) is 4.30. The van der Waals surface area contributed by atoms with Crippen LogP contribution in [-0.4, -0.2) is 16.1 Å². The van der Waals surface area contributed by atoms with E-state index in [0.29, 0.717) is 11.6 Å². The Morgan fingerprint density at radius 1 is 1.26 bits per heavy atom. The minimum absolute atomic E-state index is 0.0164. The highest BCUT2D eigenvalue weighted by Gasteiger charge is 2.05. The van der Waals surface area contributed by atoms with E-state index in [1.807, 2.05) is 49.4 Å². The largest absolute Gasteiger partial charge is 0.301 e. The van der Waals surface area contributed by atoms with E-state index in [1.54, 1.807) is 0 Å². The lowest BCUT2D eigenvalue weighted by Gasteiger charge is -1.96. The second-order valence-electron chi connectivity index (χ2n) is 3.99. The zero-order valence-electron chi connectivity index (χ0n) is 10.7. The molecule has 0 fully saturated rings. The van der Waals surface area contributed by atoms with Crippen molar-refractivity contribution in [3.63, 3.8) is 0 Å². The van der Waals surface area contributed by atoms with Crippen molar-refractivity contribution in [2.45, 2.75) is 19.8 Å². The molecular weight excluding hydrogens is 258 g/mol. The molecule has 0 unspecified atom stereocenters. The van der Waals surface area contributed by atoms with E-state index in [9.17, 15) is 4.79 Å². The first kappa shape index (κ1) is 13.4. The highest BCUT2D eigenvalue weighted by molar-refractivity contribution is 7.16. The van der Waals surface area contributed by atoms with Crippen molar-refractivity contribution in [3.05, 3.63) is 40.9 Å². The van der Waals surface area contributed by atoms with Gasteiger partial charge in [-0.2, -0.15) is 0 Å². The molecule has 0 saturated carbocycles. The van der Waals surface area contributed by atoms with Gasteiger partial charge in [-0.3, -0.25) is 4.79 Å². The van der Waals surface area contributed by atoms with Gasteiger partial charge in [-0.15, -0.1) is 10.2 Å². The van der Waals surface area contributed by atoms with Crippen LogP contribution in [0.15, 0.2) is 30.3 Å². The third-order valence-electron chi connectivity index (χ3n) is 2.38. The van der Waals surface area contributed by atoms with Crippen LogP contribution in [0.3, 0.4) is 0 Å². The first-order chi connectivity index (χ1) is 9.28. The van der Waals surface area contributed by atoms with Gasteiger partial charge in [-0.25, -0.2) is 0 Å². The van der Waals surface area contributed by atoms with E-state index in [0.717, 1.165) is 17.0 Å². The lowest BCUT2D eigenvalue weighted by atomic mass is 10.2. The molecule has 0 aliphatic heterocycles. The molecule has 2 aromatic rings. The van der Waals surface area contributed by atoms with Crippen LogP contribution in [0.5, 0.6) is 0 Å². The summed E-state index contributed by atoms with van der Waals surface area (Å²) in [6.07, 6.45) is 5.20. The number of benzene rings is 1. The summed E-state index contributed by atoms with van der Waals surface area (Å²) >= 11 is 1.37. The van der Waals surface area contributed by atoms with Gasteiger partial charge in [0, 0.05) is 6.42 Å². The number of rotatable bonds is 5. The zero-order valence-corrected chi connectivity index (χ0v) is 11.5. The molecule has 0 bridgehead atoms. The molecule has 1 N–H and O–H groups in total. The van der Waals surface area contributed by atoms with E-state index in [2.05, 4.69) is 15.5 Å². The highest BCUT2D eigenvalue weighted by atomic mass is 32.1. The van der Waals surface area contributed by atoms with Crippen LogP contribution in [0.1, 0.15) is 30.3 Å². The van der Waals surface area contributed by atoms with Crippen molar-refractivity contribution in [2.24, 2.45) is 0 Å². The van der Waals surface area contributed by atoms with Gasteiger partial charge < -0.3 is 5.32 Å². The Balaban J connectivity index is 1.98. The van der Waals surface area contributed by atoms with E-state index in [1.165, 1.54) is 11.3 Å². The second kappa shape index (κ2) is 6.80. The topological polar surface area (TPSA) is 54.9 Å². The monoisotopic (exact) mass is 273 g/mol. The van der Waals surface area contributed by atoms with Crippen LogP contribution >= 0.6 is 11.3 Å². The van der Waals surface area contributed by atoms with Crippen LogP contribution in [0.2, 0.25) is 0 Å². The maximum absolute atomic E-state index is 11.4. The Morgan fingerprint density at radius 3 is 2.79 bits per heavy atom. The molecule has 0 spiro atoms. The molecule has 0 radical (unpaired) electrons. The van der Waals surface area contributed by atoms with Crippen molar-refractivity contribution in [1.82, 2.24) is 10.2 Å². The Kier molecular flexibility index (Phi) is 4.80. The van der Waals surface area contributed by atoms with Crippen molar-refractivity contribution in [2.75, 3.05) is 5.32 Å². The molecule has 1 amide bonds. The Hall–Kier alpha value is -2.01. The quantitative estimate of drug-likeness (QED) is 0.907. The van der Waals surface area contributed by atoms with Crippen LogP contribution in [0, 0.1) is 0 Å². The van der Waals surface area contributed by atoms with E-state index < -0.39 is 0 Å². The van der Waals surface area contributed by atoms with Crippen LogP contribution in [0.25, 0.3) is 12.2 Å². The number of nitrogens with zero attached hydrogens (tertiary/aromatic N) is 2. The summed E-state index contributed by atoms with van der Waals surface area (Å²) in [6, 6.07) is 9.97. The van der Waals surface area contributed by atoms with Crippen LogP contribution in [-0.2, 0) is 4.79 Å². The maximum Gasteiger partial charge on any atom is 0.226 e. The molecule has 5 heteroatoms. The molecule has 0 saturated heterocycles. The normalized spacial score (nSPS) is 10.8. The minimum Gasteiger partial charge on any atom is -0.301 e. The van der Waals surface area contributed by atoms with Gasteiger partial charge in [0.2, 0.25) is 11.0 Å². The van der Waals surface area contributed by atoms with Gasteiger partial charge in [0.25, 0.3) is 0 Å². The summed E-state index contributed by atoms with van der Waals surface area (Å²) in [5.74, 6) is -0.0164. The highest BCUT2D eigenvalue weighted by Crippen LogP contribution is 2.18. The molecule has 1 aromatic carbocycles. The fraction of sp³-hybridized carbons (Fsp3) is 0.214. The van der Waals surface area contributed by atoms with Gasteiger partial charge in [-0.1, -0.05) is 54.7 Å². The second-order valence-corrected chi connectivity index (χ2v) is 5.00. The SMILES string of the molecule is CCCC(=O)Nc1nnc(/C=C/c2ccccc2)s1. The number of hydrogen-bond acceptors (Lipinski definition) is 4. The molecule has 1 heterocycles. The summed E-state index contributed by atoms with van der Waals surface area (Å²) in [6.45, 7) is 1.97. The Morgan fingerprint density at radius 2 is 2.05 bits per heavy atom. The van der Waals surface area contributed by atoms with Crippen LogP contribution < -0.4 is 5.32 Å². The van der Waals surface area contributed by atoms with Gasteiger partial charge in [-0.05, 0) is 18.1 Å².